The number of hydrogen-bond donors (Lipinski definition) is 1. The molecule has 0 aliphatic rings. The van der Waals surface area contributed by atoms with Crippen LogP contribution in [0.2, 0.25) is 0 Å². The largest absolute Gasteiger partial charge is 0.342 e. The zero-order valence-electron chi connectivity index (χ0n) is 12.7. The Hall–Kier alpha value is -2.75. The van der Waals surface area contributed by atoms with Gasteiger partial charge in [-0.2, -0.15) is 10.2 Å². The minimum atomic E-state index is 0.621. The first-order chi connectivity index (χ1) is 10.7. The Morgan fingerprint density at radius 1 is 0.955 bits per heavy atom. The first kappa shape index (κ1) is 14.2. The minimum absolute atomic E-state index is 0.621. The van der Waals surface area contributed by atoms with Crippen LogP contribution >= 0.6 is 0 Å². The van der Waals surface area contributed by atoms with Gasteiger partial charge in [-0.25, -0.2) is 4.98 Å². The molecule has 0 spiro atoms. The van der Waals surface area contributed by atoms with Gasteiger partial charge in [0, 0.05) is 5.71 Å². The van der Waals surface area contributed by atoms with Crippen LogP contribution in [0.1, 0.15) is 25.2 Å². The summed E-state index contributed by atoms with van der Waals surface area (Å²) in [6.07, 6.45) is 0.621. The molecule has 0 bridgehead atoms. The van der Waals surface area contributed by atoms with Crippen molar-refractivity contribution in [3.05, 3.63) is 66.0 Å². The summed E-state index contributed by atoms with van der Waals surface area (Å²) in [5.41, 5.74) is 4.91. The maximum Gasteiger partial charge on any atom is 0.113 e. The second-order valence-electron chi connectivity index (χ2n) is 5.34. The number of para-hydroxylation sites is 2. The lowest BCUT2D eigenvalue weighted by Gasteiger charge is -2.03. The molecule has 1 heterocycles. The van der Waals surface area contributed by atoms with Crippen LogP contribution in [0.25, 0.3) is 11.0 Å². The zero-order valence-corrected chi connectivity index (χ0v) is 12.7. The maximum atomic E-state index is 4.62. The fourth-order valence-electron chi connectivity index (χ4n) is 2.23. The number of aromatic amines is 1. The smallest absolute Gasteiger partial charge is 0.113 e. The summed E-state index contributed by atoms with van der Waals surface area (Å²) in [4.78, 5) is 7.96. The molecular formula is C18H18N4. The monoisotopic (exact) mass is 290 g/mol. The predicted molar refractivity (Wildman–Crippen MR) is 91.6 cm³/mol. The van der Waals surface area contributed by atoms with E-state index in [4.69, 9.17) is 0 Å². The van der Waals surface area contributed by atoms with E-state index in [1.165, 1.54) is 0 Å². The molecule has 2 aromatic carbocycles. The summed E-state index contributed by atoms with van der Waals surface area (Å²) in [6.45, 7) is 3.88. The highest BCUT2D eigenvalue weighted by atomic mass is 15.2. The third-order valence-electron chi connectivity index (χ3n) is 3.25. The Balaban J connectivity index is 1.96. The van der Waals surface area contributed by atoms with Gasteiger partial charge in [0.2, 0.25) is 0 Å². The third kappa shape index (κ3) is 3.28. The number of imidazole rings is 1. The lowest BCUT2D eigenvalue weighted by atomic mass is 10.1. The number of nitrogens with one attached hydrogen (secondary N) is 1. The van der Waals surface area contributed by atoms with Gasteiger partial charge in [0.1, 0.15) is 5.82 Å². The third-order valence-corrected chi connectivity index (χ3v) is 3.25. The van der Waals surface area contributed by atoms with E-state index in [9.17, 15) is 0 Å². The second-order valence-corrected chi connectivity index (χ2v) is 5.34. The quantitative estimate of drug-likeness (QED) is 0.573. The summed E-state index contributed by atoms with van der Waals surface area (Å²) in [5.74, 6) is 0.896. The van der Waals surface area contributed by atoms with Crippen LogP contribution in [0.15, 0.2) is 64.8 Å². The Morgan fingerprint density at radius 2 is 1.68 bits per heavy atom. The van der Waals surface area contributed by atoms with Gasteiger partial charge in [-0.3, -0.25) is 0 Å². The van der Waals surface area contributed by atoms with Crippen LogP contribution < -0.4 is 0 Å². The summed E-state index contributed by atoms with van der Waals surface area (Å²) in [5, 5.41) is 8.62. The molecule has 3 rings (SSSR count). The molecule has 4 heteroatoms. The topological polar surface area (TPSA) is 53.4 Å². The summed E-state index contributed by atoms with van der Waals surface area (Å²) in [6, 6.07) is 18.1. The van der Waals surface area contributed by atoms with E-state index in [0.717, 1.165) is 33.8 Å². The molecule has 22 heavy (non-hydrogen) atoms. The van der Waals surface area contributed by atoms with Crippen LogP contribution in [0.4, 0.5) is 0 Å². The van der Waals surface area contributed by atoms with Crippen molar-refractivity contribution in [1.82, 2.24) is 9.97 Å². The summed E-state index contributed by atoms with van der Waals surface area (Å²) < 4.78 is 0. The Morgan fingerprint density at radius 3 is 2.41 bits per heavy atom. The standard InChI is InChI=1S/C18H18N4/c1-13(2)21-22-17(14-8-4-3-5-9-14)12-18-19-15-10-6-7-11-16(15)20-18/h3-11H,12H2,1-2H3,(H,19,20). The van der Waals surface area contributed by atoms with Crippen molar-refractivity contribution < 1.29 is 0 Å². The Bertz CT molecular complexity index is 791. The normalized spacial score (nSPS) is 11.6. The molecular weight excluding hydrogens is 272 g/mol. The van der Waals surface area contributed by atoms with Crippen LogP contribution in [-0.4, -0.2) is 21.4 Å². The van der Waals surface area contributed by atoms with Gasteiger partial charge in [-0.1, -0.05) is 42.5 Å². The molecule has 110 valence electrons. The van der Waals surface area contributed by atoms with Gasteiger partial charge in [0.25, 0.3) is 0 Å². The molecule has 0 aliphatic heterocycles. The van der Waals surface area contributed by atoms with Gasteiger partial charge >= 0.3 is 0 Å². The molecule has 3 aromatic rings. The Labute approximate surface area is 129 Å². The first-order valence-electron chi connectivity index (χ1n) is 7.29. The van der Waals surface area contributed by atoms with E-state index in [-0.39, 0.29) is 0 Å². The van der Waals surface area contributed by atoms with Crippen molar-refractivity contribution in [1.29, 1.82) is 0 Å². The maximum absolute atomic E-state index is 4.62. The van der Waals surface area contributed by atoms with Crippen molar-refractivity contribution in [3.63, 3.8) is 0 Å². The van der Waals surface area contributed by atoms with Gasteiger partial charge in [0.05, 0.1) is 23.2 Å². The van der Waals surface area contributed by atoms with Crippen LogP contribution in [-0.2, 0) is 6.42 Å². The van der Waals surface area contributed by atoms with E-state index >= 15 is 0 Å². The average molecular weight is 290 g/mol. The number of benzene rings is 2. The molecule has 0 amide bonds. The Kier molecular flexibility index (Phi) is 4.10. The van der Waals surface area contributed by atoms with Crippen molar-refractivity contribution in [2.75, 3.05) is 0 Å². The molecule has 4 nitrogen and oxygen atoms in total. The van der Waals surface area contributed by atoms with Gasteiger partial charge in [-0.05, 0) is 31.5 Å². The molecule has 0 radical (unpaired) electrons. The van der Waals surface area contributed by atoms with Crippen LogP contribution in [0, 0.1) is 0 Å². The van der Waals surface area contributed by atoms with Crippen molar-refractivity contribution in [2.45, 2.75) is 20.3 Å². The number of rotatable bonds is 4. The fourth-order valence-corrected chi connectivity index (χ4v) is 2.23. The number of fused-ring (bicyclic) bond motifs is 1. The lowest BCUT2D eigenvalue weighted by Crippen LogP contribution is -2.06. The zero-order chi connectivity index (χ0) is 15.4. The molecule has 0 saturated heterocycles. The number of aromatic nitrogens is 2. The molecule has 0 atom stereocenters. The fraction of sp³-hybridized carbons (Fsp3) is 0.167. The van der Waals surface area contributed by atoms with E-state index in [0.29, 0.717) is 6.42 Å². The van der Waals surface area contributed by atoms with E-state index in [2.05, 4.69) is 20.2 Å². The summed E-state index contributed by atoms with van der Waals surface area (Å²) in [7, 11) is 0. The highest BCUT2D eigenvalue weighted by Gasteiger charge is 2.09. The minimum Gasteiger partial charge on any atom is -0.342 e. The highest BCUT2D eigenvalue weighted by Crippen LogP contribution is 2.13. The van der Waals surface area contributed by atoms with Gasteiger partial charge in [-0.15, -0.1) is 0 Å². The lowest BCUT2D eigenvalue weighted by molar-refractivity contribution is 1.08. The van der Waals surface area contributed by atoms with E-state index < -0.39 is 0 Å². The average Bonchev–Trinajstić information content (AvgIpc) is 2.94. The van der Waals surface area contributed by atoms with E-state index in [1.54, 1.807) is 0 Å². The van der Waals surface area contributed by atoms with E-state index in [1.807, 2.05) is 68.4 Å². The van der Waals surface area contributed by atoms with Crippen LogP contribution in [0.3, 0.4) is 0 Å². The summed E-state index contributed by atoms with van der Waals surface area (Å²) >= 11 is 0. The second kappa shape index (κ2) is 6.35. The van der Waals surface area contributed by atoms with Gasteiger partial charge in [0.15, 0.2) is 0 Å². The van der Waals surface area contributed by atoms with Crippen LogP contribution in [0.5, 0.6) is 0 Å². The first-order valence-corrected chi connectivity index (χ1v) is 7.29. The molecule has 0 fully saturated rings. The number of H-pyrrole nitrogens is 1. The van der Waals surface area contributed by atoms with Gasteiger partial charge < -0.3 is 4.98 Å². The SMILES string of the molecule is CC(C)=NN=C(Cc1nc2ccccc2[nH]1)c1ccccc1. The molecule has 0 aliphatic carbocycles. The van der Waals surface area contributed by atoms with Crippen molar-refractivity contribution >= 4 is 22.5 Å². The van der Waals surface area contributed by atoms with Crippen molar-refractivity contribution in [3.8, 4) is 0 Å². The predicted octanol–water partition coefficient (Wildman–Crippen LogP) is 3.99. The highest BCUT2D eigenvalue weighted by molar-refractivity contribution is 6.02. The molecule has 1 N–H and O–H groups in total. The number of nitrogens with zero attached hydrogens (tertiary/aromatic N) is 3. The molecule has 1 aromatic heterocycles. The van der Waals surface area contributed by atoms with Crippen molar-refractivity contribution in [2.24, 2.45) is 10.2 Å². The number of hydrogen-bond acceptors (Lipinski definition) is 3. The molecule has 0 unspecified atom stereocenters. The molecule has 0 saturated carbocycles.